The smallest absolute Gasteiger partial charge is 0.366 e. The second kappa shape index (κ2) is 15.0. The highest BCUT2D eigenvalue weighted by Gasteiger charge is 2.30. The molecule has 4 rings (SSSR count). The number of aromatic nitrogens is 1. The summed E-state index contributed by atoms with van der Waals surface area (Å²) in [5.74, 6) is -0.237. The number of benzene rings is 3. The summed E-state index contributed by atoms with van der Waals surface area (Å²) in [5, 5.41) is 2.92. The molecule has 12 heteroatoms. The molecule has 0 unspecified atom stereocenters. The van der Waals surface area contributed by atoms with Gasteiger partial charge in [-0.1, -0.05) is 46.3 Å². The van der Waals surface area contributed by atoms with Gasteiger partial charge in [0.25, 0.3) is 0 Å². The number of aryl methyl sites for hydroxylation is 2. The Hall–Kier alpha value is -3.51. The van der Waals surface area contributed by atoms with Gasteiger partial charge in [0.05, 0.1) is 39.2 Å². The fourth-order valence-corrected chi connectivity index (χ4v) is 5.02. The van der Waals surface area contributed by atoms with Crippen molar-refractivity contribution in [2.75, 3.05) is 18.9 Å². The summed E-state index contributed by atoms with van der Waals surface area (Å²) >= 11 is 4.45. The van der Waals surface area contributed by atoms with Crippen molar-refractivity contribution < 1.29 is 31.1 Å². The van der Waals surface area contributed by atoms with Crippen LogP contribution in [-0.4, -0.2) is 40.9 Å². The lowest BCUT2D eigenvalue weighted by molar-refractivity contribution is -0.138. The Morgan fingerprint density at radius 3 is 2.02 bits per heavy atom. The Bertz CT molecular complexity index is 1580. The highest BCUT2D eigenvalue weighted by molar-refractivity contribution is 9.09. The van der Waals surface area contributed by atoms with Crippen molar-refractivity contribution in [3.63, 3.8) is 0 Å². The number of aliphatic imine (C=N–C) groups is 1. The maximum atomic E-state index is 12.7. The first-order valence-corrected chi connectivity index (χ1v) is 15.4. The second-order valence-electron chi connectivity index (χ2n) is 9.89. The van der Waals surface area contributed by atoms with Crippen LogP contribution >= 0.6 is 27.3 Å². The van der Waals surface area contributed by atoms with E-state index in [4.69, 9.17) is 0 Å². The van der Waals surface area contributed by atoms with E-state index in [0.717, 1.165) is 52.6 Å². The van der Waals surface area contributed by atoms with Gasteiger partial charge >= 0.3 is 12.4 Å². The van der Waals surface area contributed by atoms with E-state index in [-0.39, 0.29) is 16.7 Å². The van der Waals surface area contributed by atoms with E-state index in [1.165, 1.54) is 41.2 Å². The first-order valence-electron chi connectivity index (χ1n) is 13.3. The summed E-state index contributed by atoms with van der Waals surface area (Å²) in [6.45, 7) is 7.06. The summed E-state index contributed by atoms with van der Waals surface area (Å²) in [6, 6.07) is 13.5. The number of nitrogens with zero attached hydrogens (tertiary/aromatic N) is 3. The van der Waals surface area contributed by atoms with E-state index in [1.54, 1.807) is 0 Å². The number of thiazole rings is 1. The Kier molecular flexibility index (Phi) is 11.9. The quantitative estimate of drug-likeness (QED) is 0.0605. The summed E-state index contributed by atoms with van der Waals surface area (Å²) in [6.07, 6.45) is -6.17. The van der Waals surface area contributed by atoms with Crippen LogP contribution in [0.1, 0.15) is 50.1 Å². The largest absolute Gasteiger partial charge is 0.416 e. The summed E-state index contributed by atoms with van der Waals surface area (Å²) in [4.78, 5) is 22.3. The summed E-state index contributed by atoms with van der Waals surface area (Å²) < 4.78 is 74.6. The van der Waals surface area contributed by atoms with E-state index in [9.17, 15) is 31.1 Å². The molecule has 0 aliphatic rings. The molecule has 0 radical (unpaired) electrons. The van der Waals surface area contributed by atoms with Gasteiger partial charge in [-0.25, -0.2) is 9.98 Å². The van der Waals surface area contributed by atoms with E-state index < -0.39 is 23.5 Å². The van der Waals surface area contributed by atoms with Gasteiger partial charge in [-0.05, 0) is 67.8 Å². The van der Waals surface area contributed by atoms with Gasteiger partial charge in [-0.15, -0.1) is 11.3 Å². The number of ketones is 1. The van der Waals surface area contributed by atoms with E-state index >= 15 is 0 Å². The zero-order valence-electron chi connectivity index (χ0n) is 24.4. The molecule has 234 valence electrons. The molecule has 0 bridgehead atoms. The van der Waals surface area contributed by atoms with Gasteiger partial charge in [-0.2, -0.15) is 26.3 Å². The molecule has 3 aromatic carbocycles. The molecule has 0 N–H and O–H groups in total. The lowest BCUT2D eigenvalue weighted by Crippen LogP contribution is -2.14. The lowest BCUT2D eigenvalue weighted by atomic mass is 10.0. The number of alkyl halides is 7. The molecule has 4 nitrogen and oxygen atoms in total. The first-order chi connectivity index (χ1) is 20.6. The van der Waals surface area contributed by atoms with Crippen LogP contribution in [-0.2, 0) is 18.8 Å². The van der Waals surface area contributed by atoms with E-state index in [0.29, 0.717) is 17.7 Å². The predicted molar refractivity (Wildman–Crippen MR) is 167 cm³/mol. The van der Waals surface area contributed by atoms with Crippen molar-refractivity contribution >= 4 is 45.1 Å². The Morgan fingerprint density at radius 1 is 0.932 bits per heavy atom. The minimum atomic E-state index is -4.35. The van der Waals surface area contributed by atoms with Crippen molar-refractivity contribution in [2.45, 2.75) is 39.5 Å². The summed E-state index contributed by atoms with van der Waals surface area (Å²) in [7, 11) is 1.98. The summed E-state index contributed by atoms with van der Waals surface area (Å²) in [5.41, 5.74) is 4.60. The number of halogens is 7. The Labute approximate surface area is 264 Å². The molecule has 0 spiro atoms. The molecule has 0 fully saturated rings. The van der Waals surface area contributed by atoms with Crippen molar-refractivity contribution in [2.24, 2.45) is 4.99 Å². The van der Waals surface area contributed by atoms with Gasteiger partial charge in [0.2, 0.25) is 0 Å². The molecule has 1 heterocycles. The first kappa shape index (κ1) is 35.0. The van der Waals surface area contributed by atoms with Gasteiger partial charge in [-0.3, -0.25) is 4.79 Å². The number of Topliss-reactive ketones (excluding diaryl/α,β-unsaturated/α-hetero) is 1. The third-order valence-electron chi connectivity index (χ3n) is 6.60. The van der Waals surface area contributed by atoms with Crippen LogP contribution in [0.15, 0.2) is 71.0 Å². The van der Waals surface area contributed by atoms with Crippen molar-refractivity contribution in [1.29, 1.82) is 0 Å². The molecular weight excluding hydrogens is 668 g/mol. The SMILES string of the molecule is CCN(C)C=Nc1cc(C)c(Cc2nc(-c3ccc(C(F)(F)F)cc3)cs2)cc1C.O=C(CBr)c1ccc(C(F)(F)F)cc1. The molecule has 0 aliphatic heterocycles. The van der Waals surface area contributed by atoms with E-state index in [1.807, 2.05) is 30.6 Å². The molecule has 44 heavy (non-hydrogen) atoms. The number of rotatable bonds is 8. The van der Waals surface area contributed by atoms with Crippen LogP contribution in [0.4, 0.5) is 32.0 Å². The highest BCUT2D eigenvalue weighted by Crippen LogP contribution is 2.32. The second-order valence-corrected chi connectivity index (χ2v) is 11.4. The third kappa shape index (κ3) is 9.75. The van der Waals surface area contributed by atoms with Gasteiger partial charge in [0.15, 0.2) is 5.78 Å². The lowest BCUT2D eigenvalue weighted by Gasteiger charge is -2.11. The van der Waals surface area contributed by atoms with E-state index in [2.05, 4.69) is 51.9 Å². The molecule has 0 atom stereocenters. The zero-order chi connectivity index (χ0) is 32.7. The van der Waals surface area contributed by atoms with Crippen molar-refractivity contribution in [1.82, 2.24) is 9.88 Å². The normalized spacial score (nSPS) is 11.8. The molecule has 0 saturated carbocycles. The topological polar surface area (TPSA) is 45.6 Å². The standard InChI is InChI=1S/C23H24F3N3S.C9H6BrF3O/c1-5-29(4)14-27-20-11-15(2)18(10-16(20)3)12-22-28-21(13-30-22)17-6-8-19(9-7-17)23(24,25)26;10-5-8(14)6-1-3-7(4-2-6)9(11,12)13/h6-11,13-14H,5,12H2,1-4H3;1-4H,5H2. The number of carbonyl (C=O) groups excluding carboxylic acids is 1. The van der Waals surface area contributed by atoms with Gasteiger partial charge in [0.1, 0.15) is 0 Å². The minimum absolute atomic E-state index is 0.109. The number of carbonyl (C=O) groups is 1. The molecule has 0 aliphatic carbocycles. The van der Waals surface area contributed by atoms with Crippen LogP contribution in [0.25, 0.3) is 11.3 Å². The fourth-order valence-electron chi connectivity index (χ4n) is 3.87. The average Bonchev–Trinajstić information content (AvgIpc) is 3.45. The number of hydrogen-bond acceptors (Lipinski definition) is 4. The molecule has 1 aromatic heterocycles. The maximum absolute atomic E-state index is 12.7. The van der Waals surface area contributed by atoms with Gasteiger partial charge < -0.3 is 4.90 Å². The van der Waals surface area contributed by atoms with Crippen molar-refractivity contribution in [3.05, 3.63) is 104 Å². The van der Waals surface area contributed by atoms with Crippen LogP contribution in [0, 0.1) is 13.8 Å². The maximum Gasteiger partial charge on any atom is 0.416 e. The van der Waals surface area contributed by atoms with Crippen LogP contribution in [0.3, 0.4) is 0 Å². The highest BCUT2D eigenvalue weighted by atomic mass is 79.9. The zero-order valence-corrected chi connectivity index (χ0v) is 26.8. The molecular formula is C32H30BrF6N3OS. The van der Waals surface area contributed by atoms with Crippen LogP contribution < -0.4 is 0 Å². The van der Waals surface area contributed by atoms with Crippen LogP contribution in [0.5, 0.6) is 0 Å². The average molecular weight is 699 g/mol. The van der Waals surface area contributed by atoms with Gasteiger partial charge in [0, 0.05) is 36.5 Å². The molecule has 0 saturated heterocycles. The van der Waals surface area contributed by atoms with Crippen molar-refractivity contribution in [3.8, 4) is 11.3 Å². The predicted octanol–water partition coefficient (Wildman–Crippen LogP) is 9.93. The third-order valence-corrected chi connectivity index (χ3v) is 7.96. The Morgan fingerprint density at radius 2 is 1.50 bits per heavy atom. The number of hydrogen-bond donors (Lipinski definition) is 0. The Balaban J connectivity index is 0.000000317. The molecule has 0 amide bonds. The monoisotopic (exact) mass is 697 g/mol. The minimum Gasteiger partial charge on any atom is -0.366 e. The fraction of sp³-hybridized carbons (Fsp3) is 0.281. The molecule has 4 aromatic rings. The van der Waals surface area contributed by atoms with Crippen LogP contribution in [0.2, 0.25) is 0 Å².